The first-order valence-electron chi connectivity index (χ1n) is 6.43. The molecule has 0 heterocycles. The first-order valence-corrected chi connectivity index (χ1v) is 6.43. The minimum absolute atomic E-state index is 0.114. The maximum atomic E-state index is 11.8. The molecular weight excluding hydrogens is 228 g/mol. The number of anilines is 1. The van der Waals surface area contributed by atoms with Crippen molar-refractivity contribution < 1.29 is 9.53 Å². The zero-order valence-electron chi connectivity index (χ0n) is 10.7. The number of carbonyl (C=O) groups is 1. The van der Waals surface area contributed by atoms with Gasteiger partial charge in [-0.05, 0) is 30.5 Å². The van der Waals surface area contributed by atoms with Crippen LogP contribution in [0.25, 0.3) is 0 Å². The van der Waals surface area contributed by atoms with Gasteiger partial charge in [-0.15, -0.1) is 0 Å². The van der Waals surface area contributed by atoms with E-state index in [2.05, 4.69) is 10.6 Å². The number of methoxy groups -OCH3 is 1. The molecule has 1 aliphatic rings. The van der Waals surface area contributed by atoms with Gasteiger partial charge in [-0.2, -0.15) is 0 Å². The molecule has 1 saturated carbocycles. The number of nitrogens with one attached hydrogen (secondary N) is 2. The van der Waals surface area contributed by atoms with E-state index >= 15 is 0 Å². The number of carbonyl (C=O) groups excluding carboxylic acids is 1. The second-order valence-corrected chi connectivity index (χ2v) is 4.71. The summed E-state index contributed by atoms with van der Waals surface area (Å²) in [4.78, 5) is 11.8. The van der Waals surface area contributed by atoms with Crippen molar-refractivity contribution in [2.75, 3.05) is 12.4 Å². The summed E-state index contributed by atoms with van der Waals surface area (Å²) in [6.07, 6.45) is 4.62. The van der Waals surface area contributed by atoms with Gasteiger partial charge in [0.2, 0.25) is 0 Å². The third-order valence-electron chi connectivity index (χ3n) is 3.19. The van der Waals surface area contributed by atoms with Crippen molar-refractivity contribution in [1.82, 2.24) is 5.32 Å². The first-order chi connectivity index (χ1) is 8.78. The van der Waals surface area contributed by atoms with Crippen molar-refractivity contribution in [2.24, 2.45) is 0 Å². The van der Waals surface area contributed by atoms with Gasteiger partial charge >= 0.3 is 6.03 Å². The van der Waals surface area contributed by atoms with E-state index in [4.69, 9.17) is 4.74 Å². The monoisotopic (exact) mass is 248 g/mol. The molecule has 1 aliphatic carbocycles. The summed E-state index contributed by atoms with van der Waals surface area (Å²) in [5, 5.41) is 5.86. The molecule has 2 amide bonds. The minimum atomic E-state index is -0.114. The Morgan fingerprint density at radius 1 is 1.39 bits per heavy atom. The minimum Gasteiger partial charge on any atom is -0.380 e. The summed E-state index contributed by atoms with van der Waals surface area (Å²) in [6, 6.07) is 7.93. The SMILES string of the molecule is COCc1cccc(NC(=O)NC2CCCC2)c1. The van der Waals surface area contributed by atoms with Crippen LogP contribution in [-0.4, -0.2) is 19.2 Å². The maximum absolute atomic E-state index is 11.8. The van der Waals surface area contributed by atoms with Crippen molar-refractivity contribution in [1.29, 1.82) is 0 Å². The molecular formula is C14H20N2O2. The number of ether oxygens (including phenoxy) is 1. The van der Waals surface area contributed by atoms with E-state index in [1.165, 1.54) is 12.8 Å². The fourth-order valence-corrected chi connectivity index (χ4v) is 2.33. The Morgan fingerprint density at radius 2 is 2.17 bits per heavy atom. The smallest absolute Gasteiger partial charge is 0.319 e. The molecule has 4 heteroatoms. The maximum Gasteiger partial charge on any atom is 0.319 e. The van der Waals surface area contributed by atoms with Gasteiger partial charge < -0.3 is 15.4 Å². The Balaban J connectivity index is 1.87. The largest absolute Gasteiger partial charge is 0.380 e. The Kier molecular flexibility index (Phi) is 4.59. The zero-order valence-corrected chi connectivity index (χ0v) is 10.7. The van der Waals surface area contributed by atoms with Crippen LogP contribution in [0.3, 0.4) is 0 Å². The molecule has 0 atom stereocenters. The van der Waals surface area contributed by atoms with E-state index in [9.17, 15) is 4.79 Å². The lowest BCUT2D eigenvalue weighted by Crippen LogP contribution is -2.36. The highest BCUT2D eigenvalue weighted by Gasteiger charge is 2.16. The predicted octanol–water partition coefficient (Wildman–Crippen LogP) is 2.90. The molecule has 1 aromatic rings. The second-order valence-electron chi connectivity index (χ2n) is 4.71. The molecule has 1 fully saturated rings. The molecule has 0 bridgehead atoms. The highest BCUT2D eigenvalue weighted by Crippen LogP contribution is 2.18. The molecule has 0 aliphatic heterocycles. The van der Waals surface area contributed by atoms with Gasteiger partial charge in [0, 0.05) is 18.8 Å². The fraction of sp³-hybridized carbons (Fsp3) is 0.500. The van der Waals surface area contributed by atoms with Crippen molar-refractivity contribution in [3.63, 3.8) is 0 Å². The predicted molar refractivity (Wildman–Crippen MR) is 71.6 cm³/mol. The van der Waals surface area contributed by atoms with Crippen LogP contribution >= 0.6 is 0 Å². The Labute approximate surface area is 108 Å². The van der Waals surface area contributed by atoms with Crippen LogP contribution in [0, 0.1) is 0 Å². The van der Waals surface area contributed by atoms with E-state index < -0.39 is 0 Å². The van der Waals surface area contributed by atoms with Gasteiger partial charge in [-0.25, -0.2) is 4.79 Å². The molecule has 0 spiro atoms. The number of hydrogen-bond donors (Lipinski definition) is 2. The van der Waals surface area contributed by atoms with Crippen LogP contribution in [0.1, 0.15) is 31.2 Å². The van der Waals surface area contributed by atoms with E-state index in [0.717, 1.165) is 24.1 Å². The topological polar surface area (TPSA) is 50.4 Å². The third kappa shape index (κ3) is 3.74. The zero-order chi connectivity index (χ0) is 12.8. The van der Waals surface area contributed by atoms with Gasteiger partial charge in [0.15, 0.2) is 0 Å². The summed E-state index contributed by atoms with van der Waals surface area (Å²) >= 11 is 0. The van der Waals surface area contributed by atoms with Crippen LogP contribution in [0.15, 0.2) is 24.3 Å². The highest BCUT2D eigenvalue weighted by molar-refractivity contribution is 5.89. The van der Waals surface area contributed by atoms with Gasteiger partial charge in [0.25, 0.3) is 0 Å². The van der Waals surface area contributed by atoms with E-state index in [1.54, 1.807) is 7.11 Å². The number of hydrogen-bond acceptors (Lipinski definition) is 2. The standard InChI is InChI=1S/C14H20N2O2/c1-18-10-11-5-4-8-13(9-11)16-14(17)15-12-6-2-3-7-12/h4-5,8-9,12H,2-3,6-7,10H2,1H3,(H2,15,16,17). The van der Waals surface area contributed by atoms with Gasteiger partial charge in [0.1, 0.15) is 0 Å². The summed E-state index contributed by atoms with van der Waals surface area (Å²) < 4.78 is 5.07. The normalized spacial score (nSPS) is 15.6. The number of rotatable bonds is 4. The molecule has 2 rings (SSSR count). The molecule has 4 nitrogen and oxygen atoms in total. The quantitative estimate of drug-likeness (QED) is 0.860. The molecule has 98 valence electrons. The summed E-state index contributed by atoms with van der Waals surface area (Å²) in [7, 11) is 1.66. The molecule has 18 heavy (non-hydrogen) atoms. The van der Waals surface area contributed by atoms with Crippen LogP contribution in [-0.2, 0) is 11.3 Å². The number of amides is 2. The van der Waals surface area contributed by atoms with Crippen LogP contribution in [0.5, 0.6) is 0 Å². The van der Waals surface area contributed by atoms with Crippen molar-refractivity contribution in [3.05, 3.63) is 29.8 Å². The summed E-state index contributed by atoms with van der Waals surface area (Å²) in [5.41, 5.74) is 1.86. The Morgan fingerprint density at radius 3 is 2.89 bits per heavy atom. The van der Waals surface area contributed by atoms with Gasteiger partial charge in [0.05, 0.1) is 6.61 Å². The van der Waals surface area contributed by atoms with Crippen molar-refractivity contribution in [2.45, 2.75) is 38.3 Å². The molecule has 0 unspecified atom stereocenters. The average molecular weight is 248 g/mol. The molecule has 2 N–H and O–H groups in total. The van der Waals surface area contributed by atoms with Gasteiger partial charge in [-0.3, -0.25) is 0 Å². The van der Waals surface area contributed by atoms with E-state index in [-0.39, 0.29) is 6.03 Å². The van der Waals surface area contributed by atoms with Crippen LogP contribution < -0.4 is 10.6 Å². The van der Waals surface area contributed by atoms with Crippen molar-refractivity contribution >= 4 is 11.7 Å². The summed E-state index contributed by atoms with van der Waals surface area (Å²) in [5.74, 6) is 0. The Hall–Kier alpha value is -1.55. The molecule has 0 radical (unpaired) electrons. The lowest BCUT2D eigenvalue weighted by atomic mass is 10.2. The number of urea groups is 1. The third-order valence-corrected chi connectivity index (χ3v) is 3.19. The van der Waals surface area contributed by atoms with E-state index in [0.29, 0.717) is 12.6 Å². The first kappa shape index (κ1) is 12.9. The van der Waals surface area contributed by atoms with E-state index in [1.807, 2.05) is 24.3 Å². The Bertz CT molecular complexity index is 401. The van der Waals surface area contributed by atoms with Crippen LogP contribution in [0.4, 0.5) is 10.5 Å². The lowest BCUT2D eigenvalue weighted by molar-refractivity contribution is 0.185. The fourth-order valence-electron chi connectivity index (χ4n) is 2.33. The average Bonchev–Trinajstić information content (AvgIpc) is 2.82. The molecule has 0 aromatic heterocycles. The van der Waals surface area contributed by atoms with Gasteiger partial charge in [-0.1, -0.05) is 25.0 Å². The summed E-state index contributed by atoms with van der Waals surface area (Å²) in [6.45, 7) is 0.555. The molecule has 0 saturated heterocycles. The van der Waals surface area contributed by atoms with Crippen molar-refractivity contribution in [3.8, 4) is 0 Å². The highest BCUT2D eigenvalue weighted by atomic mass is 16.5. The second kappa shape index (κ2) is 6.40. The van der Waals surface area contributed by atoms with Crippen LogP contribution in [0.2, 0.25) is 0 Å². The molecule has 1 aromatic carbocycles. The lowest BCUT2D eigenvalue weighted by Gasteiger charge is -2.13. The number of benzene rings is 1.